The Morgan fingerprint density at radius 2 is 2.27 bits per heavy atom. The Bertz CT molecular complexity index is 268. The first kappa shape index (κ1) is 10.7. The Kier molecular flexibility index (Phi) is 5.24. The molecule has 0 spiro atoms. The molecule has 0 amide bonds. The summed E-state index contributed by atoms with van der Waals surface area (Å²) in [5, 5.41) is 2.80. The molecule has 0 aromatic carbocycles. The predicted molar refractivity (Wildman–Crippen MR) is 36.3 cm³/mol. The smallest absolute Gasteiger partial charge is 0.411 e. The van der Waals surface area contributed by atoms with Crippen LogP contribution in [0.25, 0.3) is 0 Å². The fourth-order valence-corrected chi connectivity index (χ4v) is 0.508. The van der Waals surface area contributed by atoms with Crippen LogP contribution in [-0.4, -0.2) is 29.0 Å². The van der Waals surface area contributed by atoms with Crippen molar-refractivity contribution in [3.63, 3.8) is 0 Å². The summed E-state index contributed by atoms with van der Waals surface area (Å²) in [5.41, 5.74) is 0.513. The zero-order valence-corrected chi connectivity index (χ0v) is 9.26. The Morgan fingerprint density at radius 3 is 2.82 bits per heavy atom. The van der Waals surface area contributed by atoms with Crippen LogP contribution in [0, 0.1) is 6.33 Å². The van der Waals surface area contributed by atoms with Gasteiger partial charge in [0.05, 0.1) is 5.95 Å². The Morgan fingerprint density at radius 1 is 1.55 bits per heavy atom. The van der Waals surface area contributed by atoms with Crippen molar-refractivity contribution in [1.82, 2.24) is 15.0 Å². The van der Waals surface area contributed by atoms with E-state index in [-0.39, 0.29) is 32.7 Å². The van der Waals surface area contributed by atoms with Crippen molar-refractivity contribution in [2.75, 3.05) is 19.4 Å². The normalized spacial score (nSPS) is 10.5. The first-order valence-corrected chi connectivity index (χ1v) is 2.82. The quantitative estimate of drug-likeness (QED) is 0.615. The third kappa shape index (κ3) is 3.07. The van der Waals surface area contributed by atoms with E-state index in [1.54, 1.807) is 14.1 Å². The molecule has 6 heteroatoms. The number of nitrogens with one attached hydrogen (secondary N) is 2. The topological polar surface area (TPSA) is 66.0 Å². The molecule has 1 aromatic heterocycles. The molecule has 5 nitrogen and oxygen atoms in total. The van der Waals surface area contributed by atoms with Gasteiger partial charge in [-0.05, 0) is 7.05 Å². The van der Waals surface area contributed by atoms with Crippen molar-refractivity contribution >= 4 is 5.95 Å². The van der Waals surface area contributed by atoms with Gasteiger partial charge in [-0.2, -0.15) is 0 Å². The number of aromatic nitrogens is 3. The van der Waals surface area contributed by atoms with Gasteiger partial charge in [0.25, 0.3) is 0 Å². The molecule has 0 saturated carbocycles. The maximum atomic E-state index is 3.80. The van der Waals surface area contributed by atoms with Gasteiger partial charge in [-0.15, -0.1) is 0 Å². The number of aromatic amines is 1. The SMILES string of the molecule is CN=c1n[c-]nc(NC)[nH]1.[Y+3]. The standard InChI is InChI=1S/C5H8N5.Y/c1-6-4-8-3-9-5(7-2)10-4;/h1-2H3,(H2,6,7,8,9,10);/q-1;+3. The van der Waals surface area contributed by atoms with Crippen molar-refractivity contribution in [2.45, 2.75) is 0 Å². The number of hydrogen-bond acceptors (Lipinski definition) is 4. The molecule has 0 aliphatic rings. The summed E-state index contributed by atoms with van der Waals surface area (Å²) in [5.74, 6) is 0.607. The van der Waals surface area contributed by atoms with E-state index in [2.05, 4.69) is 31.6 Å². The Labute approximate surface area is 89.6 Å². The summed E-state index contributed by atoms with van der Waals surface area (Å²) >= 11 is 0. The first-order valence-electron chi connectivity index (χ1n) is 2.82. The molecular weight excluding hydrogens is 219 g/mol. The van der Waals surface area contributed by atoms with E-state index in [0.29, 0.717) is 11.6 Å². The minimum Gasteiger partial charge on any atom is -0.411 e. The maximum absolute atomic E-state index is 3.80. The molecule has 2 N–H and O–H groups in total. The van der Waals surface area contributed by atoms with Crippen LogP contribution in [0.3, 0.4) is 0 Å². The van der Waals surface area contributed by atoms with Crippen LogP contribution in [0.4, 0.5) is 5.95 Å². The molecule has 0 radical (unpaired) electrons. The zero-order chi connectivity index (χ0) is 7.40. The van der Waals surface area contributed by atoms with E-state index in [4.69, 9.17) is 0 Å². The van der Waals surface area contributed by atoms with E-state index in [9.17, 15) is 0 Å². The van der Waals surface area contributed by atoms with Gasteiger partial charge in [-0.3, -0.25) is 0 Å². The molecule has 0 saturated heterocycles. The van der Waals surface area contributed by atoms with E-state index < -0.39 is 0 Å². The molecule has 0 unspecified atom stereocenters. The molecule has 1 aromatic rings. The van der Waals surface area contributed by atoms with E-state index in [1.807, 2.05) is 0 Å². The minimum atomic E-state index is 0. The van der Waals surface area contributed by atoms with Crippen molar-refractivity contribution in [2.24, 2.45) is 4.99 Å². The minimum absolute atomic E-state index is 0. The second kappa shape index (κ2) is 5.38. The molecule has 54 valence electrons. The predicted octanol–water partition coefficient (Wildman–Crippen LogP) is -0.825. The third-order valence-electron chi connectivity index (χ3n) is 0.997. The van der Waals surface area contributed by atoms with Gasteiger partial charge in [0.2, 0.25) is 0 Å². The van der Waals surface area contributed by atoms with Crippen LogP contribution in [0.15, 0.2) is 4.99 Å². The van der Waals surface area contributed by atoms with Crippen molar-refractivity contribution in [1.29, 1.82) is 0 Å². The third-order valence-corrected chi connectivity index (χ3v) is 0.997. The van der Waals surface area contributed by atoms with Crippen molar-refractivity contribution < 1.29 is 32.7 Å². The summed E-state index contributed by atoms with van der Waals surface area (Å²) in [6.45, 7) is 0. The molecule has 0 atom stereocenters. The van der Waals surface area contributed by atoms with Gasteiger partial charge in [0.15, 0.2) is 0 Å². The molecule has 0 aliphatic heterocycles. The molecule has 0 fully saturated rings. The Hall–Kier alpha value is -0.286. The summed E-state index contributed by atoms with van der Waals surface area (Å²) in [6.07, 6.45) is 2.44. The number of rotatable bonds is 1. The summed E-state index contributed by atoms with van der Waals surface area (Å²) in [4.78, 5) is 14.1. The summed E-state index contributed by atoms with van der Waals surface area (Å²) in [6, 6.07) is 0. The van der Waals surface area contributed by atoms with Crippen LogP contribution in [0.1, 0.15) is 0 Å². The maximum Gasteiger partial charge on any atom is 3.00 e. The van der Waals surface area contributed by atoms with Gasteiger partial charge in [-0.25, -0.2) is 0 Å². The Balaban J connectivity index is 0.000001000. The molecule has 1 heterocycles. The first-order chi connectivity index (χ1) is 4.86. The summed E-state index contributed by atoms with van der Waals surface area (Å²) in [7, 11) is 3.40. The second-order valence-electron chi connectivity index (χ2n) is 1.59. The summed E-state index contributed by atoms with van der Waals surface area (Å²) < 4.78 is 0. The largest absolute Gasteiger partial charge is 3.00 e. The molecule has 1 rings (SSSR count). The van der Waals surface area contributed by atoms with Crippen molar-refractivity contribution in [3.05, 3.63) is 11.9 Å². The number of H-pyrrole nitrogens is 1. The monoisotopic (exact) mass is 227 g/mol. The molecular formula is C5H8N5Y+2. The van der Waals surface area contributed by atoms with Crippen molar-refractivity contribution in [3.8, 4) is 0 Å². The van der Waals surface area contributed by atoms with Gasteiger partial charge < -0.3 is 25.3 Å². The van der Waals surface area contributed by atoms with Gasteiger partial charge in [0.1, 0.15) is 5.62 Å². The van der Waals surface area contributed by atoms with Crippen LogP contribution in [-0.2, 0) is 32.7 Å². The zero-order valence-electron chi connectivity index (χ0n) is 6.42. The van der Waals surface area contributed by atoms with Crippen LogP contribution in [0.2, 0.25) is 0 Å². The average molecular weight is 227 g/mol. The number of anilines is 1. The van der Waals surface area contributed by atoms with E-state index in [0.717, 1.165) is 0 Å². The van der Waals surface area contributed by atoms with Crippen LogP contribution < -0.4 is 10.9 Å². The van der Waals surface area contributed by atoms with Gasteiger partial charge in [0, 0.05) is 13.4 Å². The van der Waals surface area contributed by atoms with E-state index >= 15 is 0 Å². The molecule has 11 heavy (non-hydrogen) atoms. The number of nitrogens with zero attached hydrogens (tertiary/aromatic N) is 3. The van der Waals surface area contributed by atoms with Crippen LogP contribution >= 0.6 is 0 Å². The number of hydrogen-bond donors (Lipinski definition) is 2. The van der Waals surface area contributed by atoms with Gasteiger partial charge in [-0.1, -0.05) is 0 Å². The fourth-order valence-electron chi connectivity index (χ4n) is 0.508. The fraction of sp³-hybridized carbons (Fsp3) is 0.400. The molecule has 0 aliphatic carbocycles. The average Bonchev–Trinajstić information content (AvgIpc) is 2.05. The van der Waals surface area contributed by atoms with E-state index in [1.165, 1.54) is 0 Å². The van der Waals surface area contributed by atoms with Crippen LogP contribution in [0.5, 0.6) is 0 Å². The second-order valence-corrected chi connectivity index (χ2v) is 1.59. The van der Waals surface area contributed by atoms with Gasteiger partial charge >= 0.3 is 32.7 Å². The molecule has 0 bridgehead atoms.